The Labute approximate surface area is 123 Å². The van der Waals surface area contributed by atoms with E-state index in [1.165, 1.54) is 12.4 Å². The molecule has 0 radical (unpaired) electrons. The highest BCUT2D eigenvalue weighted by Crippen LogP contribution is 2.19. The number of hydrogen-bond acceptors (Lipinski definition) is 5. The van der Waals surface area contributed by atoms with Crippen molar-refractivity contribution in [3.63, 3.8) is 0 Å². The molecule has 2 heterocycles. The van der Waals surface area contributed by atoms with Gasteiger partial charge in [0.2, 0.25) is 5.88 Å². The van der Waals surface area contributed by atoms with E-state index >= 15 is 0 Å². The lowest BCUT2D eigenvalue weighted by molar-refractivity contribution is 0.0275. The van der Waals surface area contributed by atoms with Crippen LogP contribution in [0.3, 0.4) is 0 Å². The van der Waals surface area contributed by atoms with Crippen LogP contribution in [0.4, 0.5) is 4.79 Å². The van der Waals surface area contributed by atoms with Crippen molar-refractivity contribution in [3.05, 3.63) is 17.5 Å². The maximum Gasteiger partial charge on any atom is 0.410 e. The fourth-order valence-corrected chi connectivity index (χ4v) is 2.01. The Bertz CT molecular complexity index is 490. The Morgan fingerprint density at radius 2 is 2.20 bits per heavy atom. The van der Waals surface area contributed by atoms with Gasteiger partial charge in [-0.1, -0.05) is 11.6 Å². The third-order valence-electron chi connectivity index (χ3n) is 2.67. The van der Waals surface area contributed by atoms with Crippen molar-refractivity contribution in [2.24, 2.45) is 0 Å². The van der Waals surface area contributed by atoms with E-state index in [1.54, 1.807) is 4.90 Å². The normalized spacial score (nSPS) is 19.0. The van der Waals surface area contributed by atoms with Crippen LogP contribution in [-0.2, 0) is 4.74 Å². The molecule has 1 aliphatic heterocycles. The molecule has 1 fully saturated rings. The van der Waals surface area contributed by atoms with Crippen molar-refractivity contribution in [2.75, 3.05) is 13.1 Å². The maximum absolute atomic E-state index is 11.9. The molecule has 1 aliphatic rings. The van der Waals surface area contributed by atoms with Gasteiger partial charge < -0.3 is 14.4 Å². The van der Waals surface area contributed by atoms with E-state index in [9.17, 15) is 4.79 Å². The molecule has 1 atom stereocenters. The van der Waals surface area contributed by atoms with Gasteiger partial charge in [0.25, 0.3) is 0 Å². The zero-order chi connectivity index (χ0) is 14.8. The molecular weight excluding hydrogens is 282 g/mol. The van der Waals surface area contributed by atoms with Crippen LogP contribution in [0.15, 0.2) is 12.4 Å². The van der Waals surface area contributed by atoms with E-state index in [-0.39, 0.29) is 17.4 Å². The van der Waals surface area contributed by atoms with E-state index in [0.29, 0.717) is 19.0 Å². The molecule has 7 heteroatoms. The second-order valence-electron chi connectivity index (χ2n) is 5.63. The molecular formula is C13H18ClN3O3. The van der Waals surface area contributed by atoms with E-state index in [0.717, 1.165) is 6.42 Å². The zero-order valence-electron chi connectivity index (χ0n) is 11.8. The number of nitrogens with zero attached hydrogens (tertiary/aromatic N) is 3. The average Bonchev–Trinajstić information content (AvgIpc) is 2.75. The van der Waals surface area contributed by atoms with Crippen LogP contribution in [0.2, 0.25) is 5.15 Å². The van der Waals surface area contributed by atoms with Gasteiger partial charge in [0.15, 0.2) is 5.15 Å². The number of rotatable bonds is 2. The van der Waals surface area contributed by atoms with Gasteiger partial charge in [0.05, 0.1) is 18.9 Å². The van der Waals surface area contributed by atoms with Gasteiger partial charge in [-0.15, -0.1) is 0 Å². The number of ether oxygens (including phenoxy) is 2. The molecule has 0 spiro atoms. The zero-order valence-corrected chi connectivity index (χ0v) is 12.6. The molecule has 1 amide bonds. The molecule has 6 nitrogen and oxygen atoms in total. The molecule has 1 aromatic heterocycles. The van der Waals surface area contributed by atoms with Gasteiger partial charge in [0, 0.05) is 13.0 Å². The summed E-state index contributed by atoms with van der Waals surface area (Å²) in [6.45, 7) is 6.61. The van der Waals surface area contributed by atoms with Gasteiger partial charge in [-0.3, -0.25) is 4.98 Å². The number of amides is 1. The molecule has 1 saturated heterocycles. The molecule has 1 aromatic rings. The minimum absolute atomic E-state index is 0.115. The Morgan fingerprint density at radius 1 is 1.45 bits per heavy atom. The monoisotopic (exact) mass is 299 g/mol. The third-order valence-corrected chi connectivity index (χ3v) is 2.85. The van der Waals surface area contributed by atoms with E-state index in [4.69, 9.17) is 21.1 Å². The van der Waals surface area contributed by atoms with Gasteiger partial charge in [0.1, 0.15) is 11.7 Å². The third kappa shape index (κ3) is 4.23. The van der Waals surface area contributed by atoms with Crippen LogP contribution in [0, 0.1) is 0 Å². The van der Waals surface area contributed by atoms with Gasteiger partial charge in [-0.05, 0) is 20.8 Å². The van der Waals surface area contributed by atoms with Crippen molar-refractivity contribution >= 4 is 17.7 Å². The molecule has 0 aromatic carbocycles. The highest BCUT2D eigenvalue weighted by Gasteiger charge is 2.31. The topological polar surface area (TPSA) is 64.5 Å². The summed E-state index contributed by atoms with van der Waals surface area (Å²) in [5.41, 5.74) is -0.492. The first-order chi connectivity index (χ1) is 9.33. The van der Waals surface area contributed by atoms with Gasteiger partial charge in [-0.25, -0.2) is 4.79 Å². The number of hydrogen-bond donors (Lipinski definition) is 0. The fourth-order valence-electron chi connectivity index (χ4n) is 1.87. The van der Waals surface area contributed by atoms with Crippen LogP contribution in [-0.4, -0.2) is 45.8 Å². The second-order valence-corrected chi connectivity index (χ2v) is 6.02. The fraction of sp³-hybridized carbons (Fsp3) is 0.615. The number of likely N-dealkylation sites (tertiary alicyclic amines) is 1. The van der Waals surface area contributed by atoms with Crippen LogP contribution in [0.25, 0.3) is 0 Å². The van der Waals surface area contributed by atoms with Crippen LogP contribution < -0.4 is 4.74 Å². The van der Waals surface area contributed by atoms with Crippen molar-refractivity contribution in [2.45, 2.75) is 38.9 Å². The van der Waals surface area contributed by atoms with Crippen molar-refractivity contribution < 1.29 is 14.3 Å². The summed E-state index contributed by atoms with van der Waals surface area (Å²) in [5.74, 6) is 0.369. The predicted octanol–water partition coefficient (Wildman–Crippen LogP) is 2.52. The largest absolute Gasteiger partial charge is 0.471 e. The Balaban J connectivity index is 1.88. The summed E-state index contributed by atoms with van der Waals surface area (Å²) in [7, 11) is 0. The molecule has 20 heavy (non-hydrogen) atoms. The van der Waals surface area contributed by atoms with Crippen LogP contribution >= 0.6 is 11.6 Å². The smallest absolute Gasteiger partial charge is 0.410 e. The lowest BCUT2D eigenvalue weighted by Gasteiger charge is -2.24. The summed E-state index contributed by atoms with van der Waals surface area (Å²) < 4.78 is 11.0. The lowest BCUT2D eigenvalue weighted by Crippen LogP contribution is -2.36. The standard InChI is InChI=1S/C13H18ClN3O3/c1-13(2,3)20-12(18)17-5-4-9(8-17)19-11-7-15-6-10(14)16-11/h6-7,9H,4-5,8H2,1-3H3/t9-/m1/s1. The molecule has 0 N–H and O–H groups in total. The molecule has 0 saturated carbocycles. The van der Waals surface area contributed by atoms with Crippen molar-refractivity contribution in [1.82, 2.24) is 14.9 Å². The number of halogens is 1. The van der Waals surface area contributed by atoms with Crippen molar-refractivity contribution in [1.29, 1.82) is 0 Å². The summed E-state index contributed by atoms with van der Waals surface area (Å²) >= 11 is 5.74. The summed E-state index contributed by atoms with van der Waals surface area (Å²) in [4.78, 5) is 21.5. The van der Waals surface area contributed by atoms with E-state index in [2.05, 4.69) is 9.97 Å². The van der Waals surface area contributed by atoms with Crippen LogP contribution in [0.5, 0.6) is 5.88 Å². The van der Waals surface area contributed by atoms with Gasteiger partial charge >= 0.3 is 6.09 Å². The SMILES string of the molecule is CC(C)(C)OC(=O)N1CC[C@@H](Oc2cncc(Cl)n2)C1. The minimum atomic E-state index is -0.492. The van der Waals surface area contributed by atoms with Gasteiger partial charge in [-0.2, -0.15) is 4.98 Å². The van der Waals surface area contributed by atoms with Crippen molar-refractivity contribution in [3.8, 4) is 5.88 Å². The molecule has 110 valence electrons. The van der Waals surface area contributed by atoms with Crippen LogP contribution in [0.1, 0.15) is 27.2 Å². The summed E-state index contributed by atoms with van der Waals surface area (Å²) in [5, 5.41) is 0.282. The quantitative estimate of drug-likeness (QED) is 0.839. The minimum Gasteiger partial charge on any atom is -0.471 e. The number of carbonyl (C=O) groups is 1. The van der Waals surface area contributed by atoms with E-state index in [1.807, 2.05) is 20.8 Å². The summed E-state index contributed by atoms with van der Waals surface area (Å²) in [6, 6.07) is 0. The average molecular weight is 300 g/mol. The lowest BCUT2D eigenvalue weighted by atomic mass is 10.2. The highest BCUT2D eigenvalue weighted by molar-refractivity contribution is 6.29. The Kier molecular flexibility index (Phi) is 4.32. The maximum atomic E-state index is 11.9. The molecule has 0 aliphatic carbocycles. The Morgan fingerprint density at radius 3 is 2.85 bits per heavy atom. The Hall–Kier alpha value is -1.56. The second kappa shape index (κ2) is 5.83. The summed E-state index contributed by atoms with van der Waals surface area (Å²) in [6.07, 6.45) is 3.24. The molecule has 0 unspecified atom stereocenters. The first-order valence-electron chi connectivity index (χ1n) is 6.45. The first-order valence-corrected chi connectivity index (χ1v) is 6.83. The number of aromatic nitrogens is 2. The predicted molar refractivity (Wildman–Crippen MR) is 73.9 cm³/mol. The number of carbonyl (C=O) groups excluding carboxylic acids is 1. The first kappa shape index (κ1) is 14.8. The molecule has 0 bridgehead atoms. The van der Waals surface area contributed by atoms with E-state index < -0.39 is 5.60 Å². The molecule has 2 rings (SSSR count). The highest BCUT2D eigenvalue weighted by atomic mass is 35.5.